The van der Waals surface area contributed by atoms with E-state index in [1.54, 1.807) is 0 Å². The summed E-state index contributed by atoms with van der Waals surface area (Å²) in [4.78, 5) is 0. The largest absolute Gasteiger partial charge is 0.494 e. The summed E-state index contributed by atoms with van der Waals surface area (Å²) < 4.78 is 7.89. The van der Waals surface area contributed by atoms with Crippen LogP contribution in [0.2, 0.25) is 0 Å². The minimum atomic E-state index is 0.332. The van der Waals surface area contributed by atoms with Crippen molar-refractivity contribution in [1.82, 2.24) is 0 Å². The number of nitrogens with two attached hydrogens (primary N) is 1. The topological polar surface area (TPSA) is 35.2 Å². The summed E-state index contributed by atoms with van der Waals surface area (Å²) in [6.07, 6.45) is 0.911. The van der Waals surface area contributed by atoms with Gasteiger partial charge in [0, 0.05) is 8.95 Å². The molecular weight excluding hydrogens is 382 g/mol. The van der Waals surface area contributed by atoms with Gasteiger partial charge in [0.1, 0.15) is 5.75 Å². The average molecular weight is 399 g/mol. The zero-order valence-corrected chi connectivity index (χ0v) is 14.2. The third-order valence-electron chi connectivity index (χ3n) is 3.17. The van der Waals surface area contributed by atoms with E-state index in [1.165, 1.54) is 5.56 Å². The molecule has 2 nitrogen and oxygen atoms in total. The van der Waals surface area contributed by atoms with Gasteiger partial charge in [-0.05, 0) is 60.8 Å². The second kappa shape index (κ2) is 7.81. The van der Waals surface area contributed by atoms with Crippen LogP contribution in [0.4, 0.5) is 0 Å². The van der Waals surface area contributed by atoms with Crippen LogP contribution in [-0.2, 0) is 0 Å². The molecule has 106 valence electrons. The number of rotatable bonds is 6. The molecule has 0 amide bonds. The van der Waals surface area contributed by atoms with Crippen LogP contribution in [0.3, 0.4) is 0 Å². The molecule has 0 bridgehead atoms. The molecule has 2 aromatic rings. The Morgan fingerprint density at radius 1 is 0.900 bits per heavy atom. The van der Waals surface area contributed by atoms with E-state index in [0.29, 0.717) is 19.1 Å². The molecule has 2 rings (SSSR count). The number of hydrogen-bond donors (Lipinski definition) is 1. The Labute approximate surface area is 136 Å². The number of hydrogen-bond acceptors (Lipinski definition) is 2. The van der Waals surface area contributed by atoms with Crippen LogP contribution in [0.1, 0.15) is 17.9 Å². The molecule has 0 aliphatic heterocycles. The first kappa shape index (κ1) is 15.5. The molecule has 0 fully saturated rings. The van der Waals surface area contributed by atoms with E-state index in [2.05, 4.69) is 44.0 Å². The third-order valence-corrected chi connectivity index (χ3v) is 4.23. The van der Waals surface area contributed by atoms with Gasteiger partial charge in [-0.2, -0.15) is 0 Å². The molecule has 0 radical (unpaired) electrons. The SMILES string of the molecule is NCC(CCOc1ccc(Br)cc1)c1ccc(Br)cc1. The molecule has 1 atom stereocenters. The van der Waals surface area contributed by atoms with Crippen molar-refractivity contribution in [3.05, 3.63) is 63.0 Å². The predicted molar refractivity (Wildman–Crippen MR) is 90.2 cm³/mol. The van der Waals surface area contributed by atoms with E-state index in [1.807, 2.05) is 36.4 Å². The lowest BCUT2D eigenvalue weighted by Crippen LogP contribution is -2.15. The van der Waals surface area contributed by atoms with Gasteiger partial charge in [0.2, 0.25) is 0 Å². The Bertz CT molecular complexity index is 525. The van der Waals surface area contributed by atoms with E-state index in [9.17, 15) is 0 Å². The highest BCUT2D eigenvalue weighted by molar-refractivity contribution is 9.10. The van der Waals surface area contributed by atoms with Gasteiger partial charge in [-0.1, -0.05) is 44.0 Å². The van der Waals surface area contributed by atoms with Crippen LogP contribution in [0.25, 0.3) is 0 Å². The van der Waals surface area contributed by atoms with E-state index in [-0.39, 0.29) is 0 Å². The molecule has 2 N–H and O–H groups in total. The molecule has 0 aliphatic carbocycles. The fourth-order valence-electron chi connectivity index (χ4n) is 2.01. The van der Waals surface area contributed by atoms with Crippen LogP contribution in [0, 0.1) is 0 Å². The van der Waals surface area contributed by atoms with Gasteiger partial charge >= 0.3 is 0 Å². The lowest BCUT2D eigenvalue weighted by molar-refractivity contribution is 0.298. The molecule has 0 aliphatic rings. The lowest BCUT2D eigenvalue weighted by Gasteiger charge is -2.16. The van der Waals surface area contributed by atoms with Gasteiger partial charge in [-0.25, -0.2) is 0 Å². The van der Waals surface area contributed by atoms with E-state index in [0.717, 1.165) is 21.1 Å². The molecule has 0 heterocycles. The standard InChI is InChI=1S/C16H17Br2NO/c17-14-3-1-12(2-4-14)13(11-19)9-10-20-16-7-5-15(18)6-8-16/h1-8,13H,9-11,19H2. The first-order chi connectivity index (χ1) is 9.69. The molecule has 0 spiro atoms. The summed E-state index contributed by atoms with van der Waals surface area (Å²) in [7, 11) is 0. The van der Waals surface area contributed by atoms with E-state index in [4.69, 9.17) is 10.5 Å². The predicted octanol–water partition coefficient (Wildman–Crippen LogP) is 4.72. The van der Waals surface area contributed by atoms with Crippen molar-refractivity contribution in [3.8, 4) is 5.75 Å². The Morgan fingerprint density at radius 3 is 2.00 bits per heavy atom. The van der Waals surface area contributed by atoms with Gasteiger partial charge in [-0.3, -0.25) is 0 Å². The van der Waals surface area contributed by atoms with Gasteiger partial charge in [0.15, 0.2) is 0 Å². The van der Waals surface area contributed by atoms with Gasteiger partial charge < -0.3 is 10.5 Å². The first-order valence-electron chi connectivity index (χ1n) is 6.53. The van der Waals surface area contributed by atoms with E-state index < -0.39 is 0 Å². The van der Waals surface area contributed by atoms with Gasteiger partial charge in [0.05, 0.1) is 6.61 Å². The first-order valence-corrected chi connectivity index (χ1v) is 8.11. The maximum atomic E-state index is 5.87. The van der Waals surface area contributed by atoms with Gasteiger partial charge in [-0.15, -0.1) is 0 Å². The summed E-state index contributed by atoms with van der Waals surface area (Å²) in [6, 6.07) is 16.2. The number of halogens is 2. The third kappa shape index (κ3) is 4.62. The Morgan fingerprint density at radius 2 is 1.45 bits per heavy atom. The molecule has 0 aromatic heterocycles. The molecule has 4 heteroatoms. The molecular formula is C16H17Br2NO. The summed E-state index contributed by atoms with van der Waals surface area (Å²) in [5.41, 5.74) is 7.13. The highest BCUT2D eigenvalue weighted by atomic mass is 79.9. The second-order valence-corrected chi connectivity index (χ2v) is 6.41. The maximum Gasteiger partial charge on any atom is 0.119 e. The Hall–Kier alpha value is -0.840. The highest BCUT2D eigenvalue weighted by Crippen LogP contribution is 2.22. The number of ether oxygens (including phenoxy) is 1. The van der Waals surface area contributed by atoms with Crippen LogP contribution >= 0.6 is 31.9 Å². The molecule has 1 unspecified atom stereocenters. The Balaban J connectivity index is 1.87. The van der Waals surface area contributed by atoms with E-state index >= 15 is 0 Å². The monoisotopic (exact) mass is 397 g/mol. The van der Waals surface area contributed by atoms with Crippen molar-refractivity contribution < 1.29 is 4.74 Å². The zero-order valence-electron chi connectivity index (χ0n) is 11.1. The quantitative estimate of drug-likeness (QED) is 0.763. The second-order valence-electron chi connectivity index (χ2n) is 4.58. The van der Waals surface area contributed by atoms with Crippen molar-refractivity contribution >= 4 is 31.9 Å². The van der Waals surface area contributed by atoms with Gasteiger partial charge in [0.25, 0.3) is 0 Å². The van der Waals surface area contributed by atoms with Crippen molar-refractivity contribution in [2.24, 2.45) is 5.73 Å². The molecule has 2 aromatic carbocycles. The summed E-state index contributed by atoms with van der Waals surface area (Å²) in [6.45, 7) is 1.30. The summed E-state index contributed by atoms with van der Waals surface area (Å²) >= 11 is 6.85. The summed E-state index contributed by atoms with van der Waals surface area (Å²) in [5.74, 6) is 1.22. The zero-order chi connectivity index (χ0) is 14.4. The van der Waals surface area contributed by atoms with Crippen LogP contribution in [0.15, 0.2) is 57.5 Å². The Kier molecular flexibility index (Phi) is 6.07. The van der Waals surface area contributed by atoms with Crippen LogP contribution in [0.5, 0.6) is 5.75 Å². The highest BCUT2D eigenvalue weighted by Gasteiger charge is 2.09. The molecule has 0 saturated carbocycles. The van der Waals surface area contributed by atoms with Crippen LogP contribution in [-0.4, -0.2) is 13.2 Å². The van der Waals surface area contributed by atoms with Crippen molar-refractivity contribution in [3.63, 3.8) is 0 Å². The van der Waals surface area contributed by atoms with Crippen molar-refractivity contribution in [2.75, 3.05) is 13.2 Å². The van der Waals surface area contributed by atoms with Crippen molar-refractivity contribution in [1.29, 1.82) is 0 Å². The van der Waals surface area contributed by atoms with Crippen molar-refractivity contribution in [2.45, 2.75) is 12.3 Å². The number of benzene rings is 2. The molecule has 20 heavy (non-hydrogen) atoms. The maximum absolute atomic E-state index is 5.87. The fraction of sp³-hybridized carbons (Fsp3) is 0.250. The normalized spacial score (nSPS) is 12.2. The fourth-order valence-corrected chi connectivity index (χ4v) is 2.53. The minimum absolute atomic E-state index is 0.332. The smallest absolute Gasteiger partial charge is 0.119 e. The lowest BCUT2D eigenvalue weighted by atomic mass is 9.96. The summed E-state index contributed by atoms with van der Waals surface area (Å²) in [5, 5.41) is 0. The molecule has 0 saturated heterocycles. The minimum Gasteiger partial charge on any atom is -0.494 e. The average Bonchev–Trinajstić information content (AvgIpc) is 2.47. The van der Waals surface area contributed by atoms with Crippen LogP contribution < -0.4 is 10.5 Å².